The fraction of sp³-hybridized carbons (Fsp3) is 0.455. The second kappa shape index (κ2) is 8.00. The first kappa shape index (κ1) is 20.1. The van der Waals surface area contributed by atoms with E-state index in [-0.39, 0.29) is 18.1 Å². The van der Waals surface area contributed by atoms with Gasteiger partial charge in [-0.3, -0.25) is 0 Å². The number of hydrogen-bond acceptors (Lipinski definition) is 6. The SMILES string of the molecule is COC(=O)N1CCC[C@H](c2ncnc3c2CN(c2cc(Cl)nc4[nH]ccc24)[C@H](C)C3)C1. The van der Waals surface area contributed by atoms with Crippen molar-refractivity contribution >= 4 is 34.4 Å². The molecule has 1 N–H and O–H groups in total. The van der Waals surface area contributed by atoms with Gasteiger partial charge in [0, 0.05) is 55.2 Å². The normalized spacial score (nSPS) is 21.3. The number of aromatic nitrogens is 4. The molecule has 0 saturated carbocycles. The summed E-state index contributed by atoms with van der Waals surface area (Å²) in [6.45, 7) is 4.24. The van der Waals surface area contributed by atoms with E-state index in [0.717, 1.165) is 59.5 Å². The molecular weight excluding hydrogens is 416 g/mol. The van der Waals surface area contributed by atoms with Crippen LogP contribution in [-0.2, 0) is 17.7 Å². The van der Waals surface area contributed by atoms with Gasteiger partial charge in [0.1, 0.15) is 17.1 Å². The molecule has 3 aromatic rings. The van der Waals surface area contributed by atoms with Crippen LogP contribution < -0.4 is 4.90 Å². The predicted molar refractivity (Wildman–Crippen MR) is 118 cm³/mol. The van der Waals surface area contributed by atoms with E-state index in [1.54, 1.807) is 11.2 Å². The highest BCUT2D eigenvalue weighted by Crippen LogP contribution is 2.37. The molecule has 31 heavy (non-hydrogen) atoms. The lowest BCUT2D eigenvalue weighted by Gasteiger charge is -2.39. The van der Waals surface area contributed by atoms with Crippen molar-refractivity contribution in [3.05, 3.63) is 46.8 Å². The Morgan fingerprint density at radius 1 is 1.35 bits per heavy atom. The largest absolute Gasteiger partial charge is 0.453 e. The third-order valence-corrected chi connectivity index (χ3v) is 6.64. The van der Waals surface area contributed by atoms with E-state index in [1.807, 2.05) is 18.3 Å². The Morgan fingerprint density at radius 2 is 2.23 bits per heavy atom. The number of rotatable bonds is 2. The quantitative estimate of drug-likeness (QED) is 0.608. The molecule has 1 fully saturated rings. The topological polar surface area (TPSA) is 87.2 Å². The number of ether oxygens (including phenoxy) is 1. The number of carbonyl (C=O) groups is 1. The molecule has 0 aliphatic carbocycles. The van der Waals surface area contributed by atoms with Crippen LogP contribution >= 0.6 is 11.6 Å². The van der Waals surface area contributed by atoms with Crippen molar-refractivity contribution in [1.82, 2.24) is 24.8 Å². The number of fused-ring (bicyclic) bond motifs is 2. The van der Waals surface area contributed by atoms with Gasteiger partial charge in [0.25, 0.3) is 0 Å². The van der Waals surface area contributed by atoms with Gasteiger partial charge >= 0.3 is 6.09 Å². The number of piperidine rings is 1. The van der Waals surface area contributed by atoms with Crippen molar-refractivity contribution in [2.75, 3.05) is 25.1 Å². The highest BCUT2D eigenvalue weighted by atomic mass is 35.5. The van der Waals surface area contributed by atoms with Crippen molar-refractivity contribution in [1.29, 1.82) is 0 Å². The number of aromatic amines is 1. The molecule has 0 bridgehead atoms. The Balaban J connectivity index is 1.51. The number of halogens is 1. The number of nitrogens with zero attached hydrogens (tertiary/aromatic N) is 5. The molecule has 1 amide bonds. The molecule has 2 aliphatic rings. The molecule has 5 rings (SSSR count). The fourth-order valence-electron chi connectivity index (χ4n) is 4.93. The Labute approximate surface area is 185 Å². The van der Waals surface area contributed by atoms with Crippen LogP contribution in [0.15, 0.2) is 24.7 Å². The molecule has 2 aliphatic heterocycles. The summed E-state index contributed by atoms with van der Waals surface area (Å²) < 4.78 is 4.94. The van der Waals surface area contributed by atoms with Gasteiger partial charge in [-0.2, -0.15) is 0 Å². The first-order valence-corrected chi connectivity index (χ1v) is 11.0. The molecular formula is C22H25ClN6O2. The van der Waals surface area contributed by atoms with E-state index in [9.17, 15) is 4.79 Å². The van der Waals surface area contributed by atoms with Crippen LogP contribution in [0.25, 0.3) is 11.0 Å². The second-order valence-corrected chi connectivity index (χ2v) is 8.71. The Kier molecular flexibility index (Phi) is 5.17. The Morgan fingerprint density at radius 3 is 3.06 bits per heavy atom. The first-order chi connectivity index (χ1) is 15.0. The van der Waals surface area contributed by atoms with Gasteiger partial charge in [-0.25, -0.2) is 19.7 Å². The Hall–Kier alpha value is -2.87. The average Bonchev–Trinajstić information content (AvgIpc) is 3.25. The summed E-state index contributed by atoms with van der Waals surface area (Å²) in [6, 6.07) is 4.22. The lowest BCUT2D eigenvalue weighted by atomic mass is 9.88. The van der Waals surface area contributed by atoms with Gasteiger partial charge in [-0.05, 0) is 31.9 Å². The maximum absolute atomic E-state index is 12.1. The highest BCUT2D eigenvalue weighted by Gasteiger charge is 2.33. The zero-order valence-corrected chi connectivity index (χ0v) is 18.4. The molecule has 0 unspecified atom stereocenters. The zero-order chi connectivity index (χ0) is 21.5. The molecule has 2 atom stereocenters. The maximum Gasteiger partial charge on any atom is 0.409 e. The smallest absolute Gasteiger partial charge is 0.409 e. The highest BCUT2D eigenvalue weighted by molar-refractivity contribution is 6.30. The van der Waals surface area contributed by atoms with Crippen LogP contribution in [0.3, 0.4) is 0 Å². The van der Waals surface area contributed by atoms with E-state index < -0.39 is 0 Å². The molecule has 9 heteroatoms. The molecule has 5 heterocycles. The molecule has 0 radical (unpaired) electrons. The minimum Gasteiger partial charge on any atom is -0.453 e. The number of hydrogen-bond donors (Lipinski definition) is 1. The number of likely N-dealkylation sites (tertiary alicyclic amines) is 1. The minimum absolute atomic E-state index is 0.174. The summed E-state index contributed by atoms with van der Waals surface area (Å²) in [5.74, 6) is 0.174. The van der Waals surface area contributed by atoms with Crippen LogP contribution in [-0.4, -0.2) is 57.2 Å². The monoisotopic (exact) mass is 440 g/mol. The van der Waals surface area contributed by atoms with Crippen LogP contribution in [0.4, 0.5) is 10.5 Å². The summed E-state index contributed by atoms with van der Waals surface area (Å²) in [5.41, 5.74) is 5.14. The van der Waals surface area contributed by atoms with Crippen LogP contribution in [0, 0.1) is 0 Å². The maximum atomic E-state index is 12.1. The third-order valence-electron chi connectivity index (χ3n) is 6.44. The van der Waals surface area contributed by atoms with Gasteiger partial charge in [0.15, 0.2) is 0 Å². The van der Waals surface area contributed by atoms with Crippen molar-refractivity contribution < 1.29 is 9.53 Å². The zero-order valence-electron chi connectivity index (χ0n) is 17.6. The molecule has 3 aromatic heterocycles. The van der Waals surface area contributed by atoms with E-state index in [2.05, 4.69) is 26.8 Å². The van der Waals surface area contributed by atoms with E-state index >= 15 is 0 Å². The van der Waals surface area contributed by atoms with Gasteiger partial charge in [-0.1, -0.05) is 11.6 Å². The summed E-state index contributed by atoms with van der Waals surface area (Å²) in [4.78, 5) is 33.1. The number of H-pyrrole nitrogens is 1. The lowest BCUT2D eigenvalue weighted by Crippen LogP contribution is -2.42. The van der Waals surface area contributed by atoms with E-state index in [1.165, 1.54) is 7.11 Å². The number of anilines is 1. The number of amides is 1. The molecule has 162 valence electrons. The summed E-state index contributed by atoms with van der Waals surface area (Å²) in [5, 5.41) is 1.51. The summed E-state index contributed by atoms with van der Waals surface area (Å²) in [7, 11) is 1.43. The average molecular weight is 441 g/mol. The molecule has 1 saturated heterocycles. The van der Waals surface area contributed by atoms with Gasteiger partial charge < -0.3 is 19.5 Å². The van der Waals surface area contributed by atoms with Gasteiger partial charge in [-0.15, -0.1) is 0 Å². The molecule has 0 spiro atoms. The summed E-state index contributed by atoms with van der Waals surface area (Å²) in [6.07, 6.45) is 6.03. The van der Waals surface area contributed by atoms with Crippen molar-refractivity contribution in [2.24, 2.45) is 0 Å². The van der Waals surface area contributed by atoms with Crippen molar-refractivity contribution in [3.63, 3.8) is 0 Å². The van der Waals surface area contributed by atoms with Crippen LogP contribution in [0.5, 0.6) is 0 Å². The van der Waals surface area contributed by atoms with E-state index in [4.69, 9.17) is 21.3 Å². The van der Waals surface area contributed by atoms with Gasteiger partial charge in [0.05, 0.1) is 24.2 Å². The first-order valence-electron chi connectivity index (χ1n) is 10.6. The van der Waals surface area contributed by atoms with Crippen molar-refractivity contribution in [2.45, 2.75) is 44.7 Å². The fourth-order valence-corrected chi connectivity index (χ4v) is 5.11. The lowest BCUT2D eigenvalue weighted by molar-refractivity contribution is 0.110. The number of nitrogens with one attached hydrogen (secondary N) is 1. The number of pyridine rings is 1. The second-order valence-electron chi connectivity index (χ2n) is 8.32. The van der Waals surface area contributed by atoms with Crippen LogP contribution in [0.1, 0.15) is 42.6 Å². The minimum atomic E-state index is -0.274. The standard InChI is InChI=1S/C22H25ClN6O2/c1-13-8-17-16(11-29(13)18-9-19(23)27-21-15(18)5-6-24-21)20(26-12-25-17)14-4-3-7-28(10-14)22(30)31-2/h5-6,9,12-14H,3-4,7-8,10-11H2,1-2H3,(H,24,27)/t13-,14+/m1/s1. The van der Waals surface area contributed by atoms with Gasteiger partial charge in [0.2, 0.25) is 0 Å². The third kappa shape index (κ3) is 3.59. The number of carbonyl (C=O) groups excluding carboxylic acids is 1. The molecule has 8 nitrogen and oxygen atoms in total. The summed E-state index contributed by atoms with van der Waals surface area (Å²) >= 11 is 6.33. The predicted octanol–water partition coefficient (Wildman–Crippen LogP) is 3.90. The van der Waals surface area contributed by atoms with Crippen molar-refractivity contribution in [3.8, 4) is 0 Å². The van der Waals surface area contributed by atoms with Crippen LogP contribution in [0.2, 0.25) is 5.15 Å². The Bertz CT molecular complexity index is 1130. The number of methoxy groups -OCH3 is 1. The molecule has 0 aromatic carbocycles. The van der Waals surface area contributed by atoms with E-state index in [0.29, 0.717) is 18.2 Å².